The fraction of sp³-hybridized carbons (Fsp3) is 1.00. The summed E-state index contributed by atoms with van der Waals surface area (Å²) >= 11 is 0. The molecule has 0 radical (unpaired) electrons. The van der Waals surface area contributed by atoms with Crippen LogP contribution in [0.2, 0.25) is 0 Å². The van der Waals surface area contributed by atoms with Crippen molar-refractivity contribution in [3.8, 4) is 0 Å². The van der Waals surface area contributed by atoms with E-state index in [9.17, 15) is 5.11 Å². The van der Waals surface area contributed by atoms with Crippen molar-refractivity contribution in [2.45, 2.75) is 64.8 Å². The van der Waals surface area contributed by atoms with E-state index < -0.39 is 0 Å². The second-order valence-corrected chi connectivity index (χ2v) is 4.99. The summed E-state index contributed by atoms with van der Waals surface area (Å²) < 4.78 is 11.2. The second kappa shape index (κ2) is 8.04. The van der Waals surface area contributed by atoms with Crippen molar-refractivity contribution < 1.29 is 14.6 Å². The van der Waals surface area contributed by atoms with Crippen molar-refractivity contribution in [2.75, 3.05) is 13.2 Å². The Bertz CT molecular complexity index is 165. The molecule has 1 heterocycles. The highest BCUT2D eigenvalue weighted by molar-refractivity contribution is 4.58. The highest BCUT2D eigenvalue weighted by Crippen LogP contribution is 2.16. The van der Waals surface area contributed by atoms with E-state index in [-0.39, 0.29) is 12.4 Å². The van der Waals surface area contributed by atoms with Crippen LogP contribution in [0.1, 0.15) is 52.4 Å². The van der Waals surface area contributed by atoms with Crippen LogP contribution in [-0.4, -0.2) is 30.7 Å². The first-order valence-electron chi connectivity index (χ1n) is 6.59. The van der Waals surface area contributed by atoms with Gasteiger partial charge in [0.05, 0.1) is 6.10 Å². The first kappa shape index (κ1) is 13.9. The minimum atomic E-state index is -0.176. The smallest absolute Gasteiger partial charge is 0.157 e. The summed E-state index contributed by atoms with van der Waals surface area (Å²) in [6, 6.07) is 0. The minimum absolute atomic E-state index is 0.0396. The Morgan fingerprint density at radius 1 is 1.25 bits per heavy atom. The van der Waals surface area contributed by atoms with E-state index in [4.69, 9.17) is 9.47 Å². The Kier molecular flexibility index (Phi) is 7.01. The van der Waals surface area contributed by atoms with Crippen LogP contribution in [0.15, 0.2) is 0 Å². The topological polar surface area (TPSA) is 38.7 Å². The molecule has 1 saturated heterocycles. The van der Waals surface area contributed by atoms with Gasteiger partial charge in [-0.25, -0.2) is 0 Å². The van der Waals surface area contributed by atoms with E-state index in [0.717, 1.165) is 38.9 Å². The molecule has 0 aromatic rings. The van der Waals surface area contributed by atoms with E-state index in [1.807, 2.05) is 6.92 Å². The largest absolute Gasteiger partial charge is 0.393 e. The van der Waals surface area contributed by atoms with E-state index in [2.05, 4.69) is 6.92 Å². The van der Waals surface area contributed by atoms with Gasteiger partial charge in [0.2, 0.25) is 0 Å². The van der Waals surface area contributed by atoms with Gasteiger partial charge in [-0.2, -0.15) is 0 Å². The zero-order chi connectivity index (χ0) is 11.8. The Labute approximate surface area is 99.1 Å². The van der Waals surface area contributed by atoms with Crippen molar-refractivity contribution in [1.82, 2.24) is 0 Å². The normalized spacial score (nSPS) is 25.3. The second-order valence-electron chi connectivity index (χ2n) is 4.99. The zero-order valence-corrected chi connectivity index (χ0v) is 10.7. The van der Waals surface area contributed by atoms with Crippen molar-refractivity contribution >= 4 is 0 Å². The van der Waals surface area contributed by atoms with Gasteiger partial charge in [-0.3, -0.25) is 0 Å². The average Bonchev–Trinajstić information content (AvgIpc) is 2.28. The molecule has 1 N–H and O–H groups in total. The SMILES string of the molecule is CC(O)CCC(C)CCOC1CCCCO1. The van der Waals surface area contributed by atoms with E-state index in [1.54, 1.807) is 0 Å². The van der Waals surface area contributed by atoms with Crippen LogP contribution in [0, 0.1) is 5.92 Å². The van der Waals surface area contributed by atoms with E-state index in [0.29, 0.717) is 5.92 Å². The highest BCUT2D eigenvalue weighted by Gasteiger charge is 2.14. The molecule has 0 spiro atoms. The summed E-state index contributed by atoms with van der Waals surface area (Å²) in [5, 5.41) is 9.18. The lowest BCUT2D eigenvalue weighted by Gasteiger charge is -2.23. The van der Waals surface area contributed by atoms with E-state index >= 15 is 0 Å². The molecular formula is C13H26O3. The molecule has 96 valence electrons. The molecule has 0 saturated carbocycles. The maximum Gasteiger partial charge on any atom is 0.157 e. The Hall–Kier alpha value is -0.120. The molecule has 0 aromatic heterocycles. The molecular weight excluding hydrogens is 204 g/mol. The summed E-state index contributed by atoms with van der Waals surface area (Å²) in [4.78, 5) is 0. The maximum atomic E-state index is 9.18. The number of hydrogen-bond donors (Lipinski definition) is 1. The fourth-order valence-corrected chi connectivity index (χ4v) is 1.91. The number of rotatable bonds is 7. The molecule has 1 fully saturated rings. The Balaban J connectivity index is 1.96. The fourth-order valence-electron chi connectivity index (χ4n) is 1.91. The van der Waals surface area contributed by atoms with Crippen molar-refractivity contribution in [3.63, 3.8) is 0 Å². The molecule has 3 heteroatoms. The van der Waals surface area contributed by atoms with Gasteiger partial charge in [0, 0.05) is 13.2 Å². The van der Waals surface area contributed by atoms with Crippen molar-refractivity contribution in [1.29, 1.82) is 0 Å². The molecule has 1 aliphatic rings. The monoisotopic (exact) mass is 230 g/mol. The first-order chi connectivity index (χ1) is 7.68. The molecule has 0 aliphatic carbocycles. The molecule has 0 aromatic carbocycles. The summed E-state index contributed by atoms with van der Waals surface area (Å²) in [5.74, 6) is 0.623. The molecule has 3 nitrogen and oxygen atoms in total. The van der Waals surface area contributed by atoms with Gasteiger partial charge in [-0.05, 0) is 51.4 Å². The van der Waals surface area contributed by atoms with Gasteiger partial charge < -0.3 is 14.6 Å². The van der Waals surface area contributed by atoms with Crippen LogP contribution in [0.3, 0.4) is 0 Å². The third-order valence-corrected chi connectivity index (χ3v) is 3.13. The quantitative estimate of drug-likeness (QED) is 0.731. The van der Waals surface area contributed by atoms with Crippen LogP contribution in [0.4, 0.5) is 0 Å². The summed E-state index contributed by atoms with van der Waals surface area (Å²) in [5.41, 5.74) is 0. The van der Waals surface area contributed by atoms with Gasteiger partial charge in [0.1, 0.15) is 0 Å². The third-order valence-electron chi connectivity index (χ3n) is 3.13. The van der Waals surface area contributed by atoms with Crippen LogP contribution < -0.4 is 0 Å². The number of aliphatic hydroxyl groups is 1. The predicted molar refractivity (Wildman–Crippen MR) is 64.2 cm³/mol. The average molecular weight is 230 g/mol. The van der Waals surface area contributed by atoms with Gasteiger partial charge in [0.15, 0.2) is 6.29 Å². The zero-order valence-electron chi connectivity index (χ0n) is 10.7. The van der Waals surface area contributed by atoms with Gasteiger partial charge in [-0.15, -0.1) is 0 Å². The number of hydrogen-bond acceptors (Lipinski definition) is 3. The molecule has 1 aliphatic heterocycles. The Morgan fingerprint density at radius 2 is 2.06 bits per heavy atom. The van der Waals surface area contributed by atoms with Gasteiger partial charge in [-0.1, -0.05) is 6.92 Å². The van der Waals surface area contributed by atoms with Crippen LogP contribution in [-0.2, 0) is 9.47 Å². The summed E-state index contributed by atoms with van der Waals surface area (Å²) in [7, 11) is 0. The molecule has 16 heavy (non-hydrogen) atoms. The highest BCUT2D eigenvalue weighted by atomic mass is 16.7. The van der Waals surface area contributed by atoms with Gasteiger partial charge in [0.25, 0.3) is 0 Å². The molecule has 0 bridgehead atoms. The standard InChI is InChI=1S/C13H26O3/c1-11(6-7-12(2)14)8-10-16-13-5-3-4-9-15-13/h11-14H,3-10H2,1-2H3. The third kappa shape index (κ3) is 6.46. The van der Waals surface area contributed by atoms with Gasteiger partial charge >= 0.3 is 0 Å². The molecule has 1 rings (SSSR count). The Morgan fingerprint density at radius 3 is 2.69 bits per heavy atom. The molecule has 3 unspecified atom stereocenters. The molecule has 0 amide bonds. The minimum Gasteiger partial charge on any atom is -0.393 e. The van der Waals surface area contributed by atoms with Crippen molar-refractivity contribution in [2.24, 2.45) is 5.92 Å². The van der Waals surface area contributed by atoms with Crippen LogP contribution in [0.5, 0.6) is 0 Å². The summed E-state index contributed by atoms with van der Waals surface area (Å²) in [6.45, 7) is 5.69. The van der Waals surface area contributed by atoms with Crippen LogP contribution in [0.25, 0.3) is 0 Å². The lowest BCUT2D eigenvalue weighted by Crippen LogP contribution is -2.23. The maximum absolute atomic E-state index is 9.18. The lowest BCUT2D eigenvalue weighted by atomic mass is 10.0. The number of ether oxygens (including phenoxy) is 2. The molecule has 3 atom stereocenters. The lowest BCUT2D eigenvalue weighted by molar-refractivity contribution is -0.164. The summed E-state index contributed by atoms with van der Waals surface area (Å²) in [6.07, 6.45) is 6.33. The van der Waals surface area contributed by atoms with Crippen molar-refractivity contribution in [3.05, 3.63) is 0 Å². The van der Waals surface area contributed by atoms with Crippen LogP contribution >= 0.6 is 0 Å². The van der Waals surface area contributed by atoms with E-state index in [1.165, 1.54) is 12.8 Å². The number of aliphatic hydroxyl groups excluding tert-OH is 1. The predicted octanol–water partition coefficient (Wildman–Crippen LogP) is 2.72. The first-order valence-corrected chi connectivity index (χ1v) is 6.59.